The molecule has 2 aromatic carbocycles. The number of esters is 1. The highest BCUT2D eigenvalue weighted by molar-refractivity contribution is 5.99. The molecule has 5 rings (SSSR count). The van der Waals surface area contributed by atoms with Crippen LogP contribution in [0.15, 0.2) is 47.5 Å². The Balaban J connectivity index is 1.85. The maximum absolute atomic E-state index is 14.7. The number of hydrogen-bond donors (Lipinski definition) is 1. The summed E-state index contributed by atoms with van der Waals surface area (Å²) in [7, 11) is 1.71. The zero-order chi connectivity index (χ0) is 24.0. The topological polar surface area (TPSA) is 106 Å². The maximum Gasteiger partial charge on any atom is 0.325 e. The Morgan fingerprint density at radius 3 is 2.62 bits per heavy atom. The van der Waals surface area contributed by atoms with Crippen molar-refractivity contribution in [1.82, 2.24) is 25.0 Å². The van der Waals surface area contributed by atoms with Gasteiger partial charge >= 0.3 is 5.97 Å². The van der Waals surface area contributed by atoms with Gasteiger partial charge in [0.2, 0.25) is 0 Å². The summed E-state index contributed by atoms with van der Waals surface area (Å²) in [6.45, 7) is 1.61. The van der Waals surface area contributed by atoms with Crippen molar-refractivity contribution in [2.75, 3.05) is 18.1 Å². The Labute approximate surface area is 192 Å². The van der Waals surface area contributed by atoms with E-state index in [1.54, 1.807) is 35.7 Å². The van der Waals surface area contributed by atoms with Gasteiger partial charge in [-0.15, -0.1) is 0 Å². The first-order valence-corrected chi connectivity index (χ1v) is 10.6. The van der Waals surface area contributed by atoms with Crippen LogP contribution in [0.2, 0.25) is 0 Å². The van der Waals surface area contributed by atoms with Crippen LogP contribution in [-0.2, 0) is 16.6 Å². The minimum Gasteiger partial charge on any atom is -0.465 e. The molecule has 4 aromatic rings. The summed E-state index contributed by atoms with van der Waals surface area (Å²) in [6, 6.07) is 7.53. The molecule has 0 unspecified atom stereocenters. The van der Waals surface area contributed by atoms with Crippen molar-refractivity contribution in [2.24, 2.45) is 7.05 Å². The molecule has 0 saturated carbocycles. The van der Waals surface area contributed by atoms with E-state index < -0.39 is 35.1 Å². The smallest absolute Gasteiger partial charge is 0.325 e. The first-order valence-electron chi connectivity index (χ1n) is 10.6. The van der Waals surface area contributed by atoms with Crippen LogP contribution in [0, 0.1) is 11.6 Å². The molecule has 1 N–H and O–H groups in total. The van der Waals surface area contributed by atoms with E-state index in [1.807, 2.05) is 0 Å². The van der Waals surface area contributed by atoms with Gasteiger partial charge in [0.15, 0.2) is 0 Å². The monoisotopic (exact) mass is 466 g/mol. The third-order valence-corrected chi connectivity index (χ3v) is 5.96. The van der Waals surface area contributed by atoms with Crippen LogP contribution in [0.1, 0.15) is 36.0 Å². The molecule has 1 aliphatic rings. The number of rotatable bonds is 5. The number of halogens is 2. The Hall–Kier alpha value is -4.15. The lowest BCUT2D eigenvalue weighted by atomic mass is 9.82. The van der Waals surface area contributed by atoms with Gasteiger partial charge in [-0.05, 0) is 36.8 Å². The highest BCUT2D eigenvalue weighted by atomic mass is 19.1. The van der Waals surface area contributed by atoms with Crippen LogP contribution in [0.4, 0.5) is 14.5 Å². The molecule has 0 bridgehead atoms. The molecule has 34 heavy (non-hydrogen) atoms. The minimum absolute atomic E-state index is 0.0959. The van der Waals surface area contributed by atoms with Gasteiger partial charge in [0.05, 0.1) is 35.3 Å². The van der Waals surface area contributed by atoms with Crippen LogP contribution < -0.4 is 10.5 Å². The van der Waals surface area contributed by atoms with Crippen LogP contribution in [0.25, 0.3) is 10.8 Å². The molecule has 174 valence electrons. The number of aryl methyl sites for hydroxylation is 1. The molecule has 0 aliphatic carbocycles. The highest BCUT2D eigenvalue weighted by Crippen LogP contribution is 2.49. The molecule has 2 aromatic heterocycles. The van der Waals surface area contributed by atoms with Crippen molar-refractivity contribution in [3.8, 4) is 0 Å². The van der Waals surface area contributed by atoms with E-state index in [-0.39, 0.29) is 18.5 Å². The molecule has 2 atom stereocenters. The van der Waals surface area contributed by atoms with E-state index in [0.29, 0.717) is 28.2 Å². The molecular weight excluding hydrogens is 446 g/mol. The third kappa shape index (κ3) is 3.49. The van der Waals surface area contributed by atoms with Crippen LogP contribution in [0.5, 0.6) is 0 Å². The standard InChI is InChI=1S/C23H20F2N6O3/c1-3-34-17(32)10-31-16-9-14(25)8-15-18(16)20(28-29-23(15)33)19(22-26-11-27-30(22)2)21(31)12-4-6-13(24)7-5-12/h4-9,11,19,21H,3,10H2,1-2H3,(H,29,33)/t19-,21+/m0/s1. The number of benzene rings is 2. The quantitative estimate of drug-likeness (QED) is 0.451. The molecular formula is C23H20F2N6O3. The number of anilines is 1. The second-order valence-electron chi connectivity index (χ2n) is 7.93. The Kier molecular flexibility index (Phi) is 5.31. The fraction of sp³-hybridized carbons (Fsp3) is 0.261. The fourth-order valence-corrected chi connectivity index (χ4v) is 4.61. The zero-order valence-electron chi connectivity index (χ0n) is 18.3. The number of nitrogens with one attached hydrogen (secondary N) is 1. The Morgan fingerprint density at radius 2 is 1.94 bits per heavy atom. The molecule has 0 fully saturated rings. The maximum atomic E-state index is 14.7. The van der Waals surface area contributed by atoms with Crippen LogP contribution in [0.3, 0.4) is 0 Å². The summed E-state index contributed by atoms with van der Waals surface area (Å²) >= 11 is 0. The second-order valence-corrected chi connectivity index (χ2v) is 7.93. The van der Waals surface area contributed by atoms with Crippen molar-refractivity contribution in [3.05, 3.63) is 81.8 Å². The van der Waals surface area contributed by atoms with E-state index in [2.05, 4.69) is 20.3 Å². The first kappa shape index (κ1) is 21.7. The number of carbonyl (C=O) groups is 1. The number of aromatic nitrogens is 5. The van der Waals surface area contributed by atoms with E-state index in [9.17, 15) is 18.4 Å². The SMILES string of the molecule is CCOC(=O)CN1c2cc(F)cc3c(=O)[nH]nc(c23)[C@H](c2ncnn2C)[C@H]1c1ccc(F)cc1. The summed E-state index contributed by atoms with van der Waals surface area (Å²) in [6.07, 6.45) is 1.38. The van der Waals surface area contributed by atoms with Gasteiger partial charge in [0.25, 0.3) is 5.56 Å². The van der Waals surface area contributed by atoms with E-state index in [1.165, 1.54) is 24.5 Å². The molecule has 0 radical (unpaired) electrons. The summed E-state index contributed by atoms with van der Waals surface area (Å²) in [5, 5.41) is 11.5. The van der Waals surface area contributed by atoms with Crippen molar-refractivity contribution >= 4 is 22.4 Å². The Bertz CT molecular complexity index is 1450. The highest BCUT2D eigenvalue weighted by Gasteiger charge is 2.43. The average molecular weight is 466 g/mol. The molecule has 0 amide bonds. The second kappa shape index (κ2) is 8.32. The summed E-state index contributed by atoms with van der Waals surface area (Å²) in [5.41, 5.74) is 0.821. The molecule has 3 heterocycles. The number of nitrogens with zero attached hydrogens (tertiary/aromatic N) is 5. The minimum atomic E-state index is -0.663. The van der Waals surface area contributed by atoms with Crippen LogP contribution >= 0.6 is 0 Å². The first-order chi connectivity index (χ1) is 16.4. The molecule has 9 nitrogen and oxygen atoms in total. The molecule has 1 aliphatic heterocycles. The summed E-state index contributed by atoms with van der Waals surface area (Å²) in [4.78, 5) is 31.3. The van der Waals surface area contributed by atoms with E-state index in [4.69, 9.17) is 4.74 Å². The molecule has 0 saturated heterocycles. The number of hydrogen-bond acceptors (Lipinski definition) is 7. The number of H-pyrrole nitrogens is 1. The fourth-order valence-electron chi connectivity index (χ4n) is 4.61. The van der Waals surface area contributed by atoms with Crippen molar-refractivity contribution in [3.63, 3.8) is 0 Å². The lowest BCUT2D eigenvalue weighted by molar-refractivity contribution is -0.141. The van der Waals surface area contributed by atoms with Gasteiger partial charge in [0, 0.05) is 12.4 Å². The van der Waals surface area contributed by atoms with Gasteiger partial charge in [-0.25, -0.2) is 18.9 Å². The zero-order valence-corrected chi connectivity index (χ0v) is 18.3. The average Bonchev–Trinajstić information content (AvgIpc) is 3.23. The number of aromatic amines is 1. The molecule has 0 spiro atoms. The Morgan fingerprint density at radius 1 is 1.18 bits per heavy atom. The van der Waals surface area contributed by atoms with Gasteiger partial charge in [-0.1, -0.05) is 12.1 Å². The van der Waals surface area contributed by atoms with Crippen LogP contribution in [-0.4, -0.2) is 44.1 Å². The molecule has 11 heteroatoms. The van der Waals surface area contributed by atoms with Gasteiger partial charge < -0.3 is 9.64 Å². The normalized spacial score (nSPS) is 17.2. The van der Waals surface area contributed by atoms with Crippen molar-refractivity contribution in [2.45, 2.75) is 18.9 Å². The largest absolute Gasteiger partial charge is 0.465 e. The van der Waals surface area contributed by atoms with E-state index >= 15 is 0 Å². The predicted octanol–water partition coefficient (Wildman–Crippen LogP) is 2.59. The summed E-state index contributed by atoms with van der Waals surface area (Å²) in [5.74, 6) is -1.75. The third-order valence-electron chi connectivity index (χ3n) is 5.96. The summed E-state index contributed by atoms with van der Waals surface area (Å²) < 4.78 is 35.3. The van der Waals surface area contributed by atoms with Gasteiger partial charge in [0.1, 0.15) is 30.3 Å². The predicted molar refractivity (Wildman–Crippen MR) is 118 cm³/mol. The van der Waals surface area contributed by atoms with Gasteiger partial charge in [-0.3, -0.25) is 14.3 Å². The van der Waals surface area contributed by atoms with Crippen molar-refractivity contribution < 1.29 is 18.3 Å². The lowest BCUT2D eigenvalue weighted by Gasteiger charge is -2.42. The van der Waals surface area contributed by atoms with Gasteiger partial charge in [-0.2, -0.15) is 10.2 Å². The van der Waals surface area contributed by atoms with Crippen molar-refractivity contribution in [1.29, 1.82) is 0 Å². The number of carbonyl (C=O) groups excluding carboxylic acids is 1. The lowest BCUT2D eigenvalue weighted by Crippen LogP contribution is -2.42. The number of ether oxygens (including phenoxy) is 1. The van der Waals surface area contributed by atoms with E-state index in [0.717, 1.165) is 6.07 Å².